The number of carbonyl (C=O) groups is 2. The van der Waals surface area contributed by atoms with Crippen molar-refractivity contribution in [1.82, 2.24) is 0 Å². The van der Waals surface area contributed by atoms with E-state index in [-0.39, 0.29) is 5.75 Å². The van der Waals surface area contributed by atoms with Crippen molar-refractivity contribution in [2.75, 3.05) is 17.3 Å². The fourth-order valence-electron chi connectivity index (χ4n) is 2.63. The average Bonchev–Trinajstić information content (AvgIpc) is 3.28. The molecule has 1 atom stereocenters. The third kappa shape index (κ3) is 4.26. The fraction of sp³-hybridized carbons (Fsp3) is 0.176. The lowest BCUT2D eigenvalue weighted by Crippen LogP contribution is -2.43. The van der Waals surface area contributed by atoms with Gasteiger partial charge in [0.1, 0.15) is 4.92 Å². The van der Waals surface area contributed by atoms with E-state index in [0.717, 1.165) is 17.5 Å². The van der Waals surface area contributed by atoms with Crippen LogP contribution in [0.15, 0.2) is 58.4 Å². The van der Waals surface area contributed by atoms with Crippen LogP contribution >= 0.6 is 0 Å². The Morgan fingerprint density at radius 2 is 1.93 bits per heavy atom. The molecule has 0 N–H and O–H groups in total. The normalized spacial score (nSPS) is 17.2. The first-order chi connectivity index (χ1) is 13.3. The highest BCUT2D eigenvalue weighted by Crippen LogP contribution is 2.23. The molecular weight excluding hydrogens is 392 g/mol. The molecule has 3 rings (SSSR count). The molecule has 2 aromatic rings. The number of nitrogens with zero attached hydrogens (tertiary/aromatic N) is 2. The Hall–Kier alpha value is -3.47. The molecule has 0 bridgehead atoms. The van der Waals surface area contributed by atoms with Gasteiger partial charge >= 0.3 is 11.9 Å². The molecule has 0 unspecified atom stereocenters. The van der Waals surface area contributed by atoms with Crippen LogP contribution in [0.3, 0.4) is 0 Å². The minimum absolute atomic E-state index is 0.286. The maximum Gasteiger partial charge on any atom is 0.433 e. The van der Waals surface area contributed by atoms with Crippen molar-refractivity contribution in [3.63, 3.8) is 0 Å². The highest BCUT2D eigenvalue weighted by atomic mass is 32.2. The first-order valence-electron chi connectivity index (χ1n) is 7.96. The summed E-state index contributed by atoms with van der Waals surface area (Å²) in [4.78, 5) is 35.6. The van der Waals surface area contributed by atoms with Crippen molar-refractivity contribution >= 4 is 33.3 Å². The fourth-order valence-corrected chi connectivity index (χ4v) is 3.90. The van der Waals surface area contributed by atoms with E-state index < -0.39 is 50.9 Å². The molecule has 146 valence electrons. The van der Waals surface area contributed by atoms with Crippen molar-refractivity contribution in [3.05, 3.63) is 69.8 Å². The van der Waals surface area contributed by atoms with Crippen molar-refractivity contribution in [2.24, 2.45) is 0 Å². The summed E-state index contributed by atoms with van der Waals surface area (Å²) in [6.07, 6.45) is 1.39. The van der Waals surface area contributed by atoms with E-state index in [1.165, 1.54) is 11.0 Å². The van der Waals surface area contributed by atoms with E-state index in [1.807, 2.05) is 0 Å². The van der Waals surface area contributed by atoms with Crippen LogP contribution in [0, 0.1) is 10.1 Å². The molecule has 2 heterocycles. The number of esters is 1. The van der Waals surface area contributed by atoms with Crippen LogP contribution in [0.25, 0.3) is 0 Å². The zero-order valence-corrected chi connectivity index (χ0v) is 15.1. The van der Waals surface area contributed by atoms with E-state index in [9.17, 15) is 28.1 Å². The molecule has 11 heteroatoms. The van der Waals surface area contributed by atoms with Gasteiger partial charge < -0.3 is 14.1 Å². The number of benzene rings is 1. The lowest BCUT2D eigenvalue weighted by atomic mass is 10.2. The lowest BCUT2D eigenvalue weighted by molar-refractivity contribution is -0.402. The van der Waals surface area contributed by atoms with E-state index >= 15 is 0 Å². The number of rotatable bonds is 6. The van der Waals surface area contributed by atoms with Gasteiger partial charge in [0.2, 0.25) is 5.76 Å². The van der Waals surface area contributed by atoms with Crippen LogP contribution in [-0.4, -0.2) is 43.6 Å². The number of hydrogen-bond donors (Lipinski definition) is 0. The molecule has 1 aromatic carbocycles. The molecular formula is C17H14N2O8S. The van der Waals surface area contributed by atoms with Crippen LogP contribution in [0.5, 0.6) is 0 Å². The van der Waals surface area contributed by atoms with Gasteiger partial charge in [0.25, 0.3) is 5.91 Å². The predicted octanol–water partition coefficient (Wildman–Crippen LogP) is 1.69. The summed E-state index contributed by atoms with van der Waals surface area (Å²) in [5, 5.41) is 11.6. The predicted molar refractivity (Wildman–Crippen MR) is 96.3 cm³/mol. The number of para-hydroxylation sites is 1. The third-order valence-electron chi connectivity index (χ3n) is 3.85. The van der Waals surface area contributed by atoms with Crippen LogP contribution in [0.1, 0.15) is 10.6 Å². The molecule has 0 radical (unpaired) electrons. The van der Waals surface area contributed by atoms with E-state index in [2.05, 4.69) is 0 Å². The van der Waals surface area contributed by atoms with Gasteiger partial charge in [0, 0.05) is 11.1 Å². The summed E-state index contributed by atoms with van der Waals surface area (Å²) in [6, 6.07) is 9.63. The minimum atomic E-state index is -3.42. The molecule has 0 spiro atoms. The average molecular weight is 406 g/mol. The molecule has 0 saturated carbocycles. The van der Waals surface area contributed by atoms with Crippen LogP contribution in [0.4, 0.5) is 11.6 Å². The van der Waals surface area contributed by atoms with Crippen molar-refractivity contribution in [1.29, 1.82) is 0 Å². The Kier molecular flexibility index (Phi) is 5.27. The molecule has 1 aliphatic rings. The van der Waals surface area contributed by atoms with Crippen molar-refractivity contribution < 1.29 is 32.1 Å². The standard InChI is InChI=1S/C17H14N2O8S/c20-15(10-26-17(21)14-6-7-16(27-14)19(22)23)18(12-4-2-1-3-5-12)13-8-9-28(24,25)11-13/h1-9,13H,10-11H2/t13-/m1/s1. The summed E-state index contributed by atoms with van der Waals surface area (Å²) in [6.45, 7) is -0.702. The second-order valence-corrected chi connectivity index (χ2v) is 7.73. The molecule has 10 nitrogen and oxygen atoms in total. The number of hydrogen-bond acceptors (Lipinski definition) is 8. The number of ether oxygens (including phenoxy) is 1. The van der Waals surface area contributed by atoms with Crippen LogP contribution in [0.2, 0.25) is 0 Å². The zero-order valence-electron chi connectivity index (χ0n) is 14.3. The number of carbonyl (C=O) groups excluding carboxylic acids is 2. The number of anilines is 1. The second kappa shape index (κ2) is 7.64. The largest absolute Gasteiger partial charge is 0.450 e. The Morgan fingerprint density at radius 1 is 1.21 bits per heavy atom. The SMILES string of the molecule is O=C(OCC(=O)N(c1ccccc1)[C@@H]1C=CS(=O)(=O)C1)c1ccc([N+](=O)[O-])o1. The molecule has 0 saturated heterocycles. The molecule has 1 aromatic heterocycles. The molecule has 28 heavy (non-hydrogen) atoms. The van der Waals surface area contributed by atoms with Gasteiger partial charge in [0.05, 0.1) is 17.9 Å². The first kappa shape index (κ1) is 19.3. The van der Waals surface area contributed by atoms with E-state index in [0.29, 0.717) is 5.69 Å². The Bertz CT molecular complexity index is 1040. The third-order valence-corrected chi connectivity index (χ3v) is 5.22. The Labute approximate surface area is 159 Å². The summed E-state index contributed by atoms with van der Waals surface area (Å²) in [5.41, 5.74) is 0.434. The highest BCUT2D eigenvalue weighted by Gasteiger charge is 2.32. The van der Waals surface area contributed by atoms with Gasteiger partial charge in [-0.05, 0) is 24.3 Å². The Balaban J connectivity index is 1.73. The minimum Gasteiger partial charge on any atom is -0.450 e. The number of amides is 1. The quantitative estimate of drug-likeness (QED) is 0.401. The van der Waals surface area contributed by atoms with Crippen molar-refractivity contribution in [2.45, 2.75) is 6.04 Å². The first-order valence-corrected chi connectivity index (χ1v) is 9.68. The van der Waals surface area contributed by atoms with Crippen LogP contribution < -0.4 is 4.90 Å². The van der Waals surface area contributed by atoms with Gasteiger partial charge in [-0.15, -0.1) is 0 Å². The highest BCUT2D eigenvalue weighted by molar-refractivity contribution is 7.94. The topological polar surface area (TPSA) is 137 Å². The van der Waals surface area contributed by atoms with Gasteiger partial charge in [-0.3, -0.25) is 14.9 Å². The molecule has 1 aliphatic heterocycles. The summed E-state index contributed by atoms with van der Waals surface area (Å²) in [5.74, 6) is -3.05. The van der Waals surface area contributed by atoms with Gasteiger partial charge in [-0.25, -0.2) is 13.2 Å². The summed E-state index contributed by atoms with van der Waals surface area (Å²) in [7, 11) is -3.42. The van der Waals surface area contributed by atoms with Crippen molar-refractivity contribution in [3.8, 4) is 0 Å². The van der Waals surface area contributed by atoms with Crippen LogP contribution in [-0.2, 0) is 19.4 Å². The summed E-state index contributed by atoms with van der Waals surface area (Å²) >= 11 is 0. The number of furan rings is 1. The van der Waals surface area contributed by atoms with E-state index in [4.69, 9.17) is 9.15 Å². The molecule has 0 aliphatic carbocycles. The Morgan fingerprint density at radius 3 is 2.50 bits per heavy atom. The maximum atomic E-state index is 12.7. The smallest absolute Gasteiger partial charge is 0.433 e. The molecule has 0 fully saturated rings. The lowest BCUT2D eigenvalue weighted by Gasteiger charge is -2.27. The monoisotopic (exact) mass is 406 g/mol. The zero-order chi connectivity index (χ0) is 20.3. The second-order valence-electron chi connectivity index (χ2n) is 5.80. The summed E-state index contributed by atoms with van der Waals surface area (Å²) < 4.78 is 33.1. The number of sulfone groups is 1. The van der Waals surface area contributed by atoms with Gasteiger partial charge in [-0.2, -0.15) is 0 Å². The maximum absolute atomic E-state index is 12.7. The van der Waals surface area contributed by atoms with Gasteiger partial charge in [0.15, 0.2) is 16.4 Å². The van der Waals surface area contributed by atoms with E-state index in [1.54, 1.807) is 30.3 Å². The van der Waals surface area contributed by atoms with Gasteiger partial charge in [-0.1, -0.05) is 18.2 Å². The molecule has 1 amide bonds. The number of nitro groups is 1.